The molecule has 5 heteroatoms. The van der Waals surface area contributed by atoms with Crippen LogP contribution in [0.5, 0.6) is 0 Å². The Morgan fingerprint density at radius 1 is 1.12 bits per heavy atom. The average Bonchev–Trinajstić information content (AvgIpc) is 2.97. The molecule has 2 unspecified atom stereocenters. The highest BCUT2D eigenvalue weighted by Crippen LogP contribution is 2.64. The monoisotopic (exact) mass is 344 g/mol. The Balaban J connectivity index is 1.48. The van der Waals surface area contributed by atoms with E-state index in [-0.39, 0.29) is 22.9 Å². The van der Waals surface area contributed by atoms with Gasteiger partial charge in [0, 0.05) is 38.3 Å². The number of halogens is 1. The van der Waals surface area contributed by atoms with E-state index in [0.29, 0.717) is 44.9 Å². The van der Waals surface area contributed by atoms with Crippen molar-refractivity contribution in [2.75, 3.05) is 31.1 Å². The Labute approximate surface area is 148 Å². The summed E-state index contributed by atoms with van der Waals surface area (Å²) >= 11 is 0. The number of fused-ring (bicyclic) bond motifs is 2. The first-order valence-electron chi connectivity index (χ1n) is 9.19. The van der Waals surface area contributed by atoms with Gasteiger partial charge in [0.25, 0.3) is 0 Å². The van der Waals surface area contributed by atoms with Gasteiger partial charge in [0.1, 0.15) is 17.0 Å². The number of carbonyl (C=O) groups is 2. The molecule has 134 valence electrons. The van der Waals surface area contributed by atoms with Crippen LogP contribution in [0.2, 0.25) is 0 Å². The molecule has 1 heterocycles. The number of amides is 1. The molecule has 0 N–H and O–H groups in total. The first-order chi connectivity index (χ1) is 11.9. The molecular weight excluding hydrogens is 319 g/mol. The van der Waals surface area contributed by atoms with Gasteiger partial charge < -0.3 is 9.80 Å². The van der Waals surface area contributed by atoms with Crippen molar-refractivity contribution in [3.05, 3.63) is 30.1 Å². The molecule has 3 fully saturated rings. The van der Waals surface area contributed by atoms with Crippen LogP contribution in [0.15, 0.2) is 24.3 Å². The van der Waals surface area contributed by atoms with E-state index in [2.05, 4.69) is 18.7 Å². The van der Waals surface area contributed by atoms with Gasteiger partial charge in [-0.15, -0.1) is 0 Å². The van der Waals surface area contributed by atoms with Gasteiger partial charge in [-0.2, -0.15) is 0 Å². The Morgan fingerprint density at radius 2 is 1.76 bits per heavy atom. The molecule has 1 amide bonds. The van der Waals surface area contributed by atoms with Crippen LogP contribution in [0.25, 0.3) is 0 Å². The van der Waals surface area contributed by atoms with Crippen molar-refractivity contribution in [3.8, 4) is 0 Å². The summed E-state index contributed by atoms with van der Waals surface area (Å²) in [6.45, 7) is 6.86. The van der Waals surface area contributed by atoms with Gasteiger partial charge in [-0.25, -0.2) is 4.39 Å². The molecule has 1 aromatic rings. The molecule has 3 aliphatic rings. The number of anilines is 1. The van der Waals surface area contributed by atoms with Crippen molar-refractivity contribution < 1.29 is 14.0 Å². The second-order valence-corrected chi connectivity index (χ2v) is 8.25. The Bertz CT molecular complexity index is 707. The lowest BCUT2D eigenvalue weighted by Crippen LogP contribution is -2.57. The summed E-state index contributed by atoms with van der Waals surface area (Å²) in [7, 11) is 0. The zero-order chi connectivity index (χ0) is 17.8. The van der Waals surface area contributed by atoms with Crippen LogP contribution in [0.4, 0.5) is 10.1 Å². The maximum atomic E-state index is 13.3. The Kier molecular flexibility index (Phi) is 3.67. The number of carbonyl (C=O) groups excluding carboxylic acids is 2. The van der Waals surface area contributed by atoms with Crippen LogP contribution in [-0.2, 0) is 9.59 Å². The van der Waals surface area contributed by atoms with E-state index in [1.54, 1.807) is 12.1 Å². The second kappa shape index (κ2) is 5.55. The Hall–Kier alpha value is -1.91. The standard InChI is InChI=1S/C20H25FN2O2/c1-19(2)14-7-8-20(19,17(24)13-14)18(25)23-11-9-22(10-12-23)16-5-3-15(21)4-6-16/h3-6,14H,7-13H2,1-2H3. The van der Waals surface area contributed by atoms with Crippen LogP contribution < -0.4 is 4.90 Å². The minimum absolute atomic E-state index is 0.0428. The molecule has 2 saturated carbocycles. The summed E-state index contributed by atoms with van der Waals surface area (Å²) in [5.74, 6) is 0.305. The normalized spacial score (nSPS) is 30.8. The van der Waals surface area contributed by atoms with E-state index in [9.17, 15) is 14.0 Å². The number of hydrogen-bond acceptors (Lipinski definition) is 3. The minimum atomic E-state index is -0.796. The predicted octanol–water partition coefficient (Wildman–Crippen LogP) is 2.87. The molecule has 4 rings (SSSR count). The highest BCUT2D eigenvalue weighted by molar-refractivity contribution is 6.09. The third kappa shape index (κ3) is 2.24. The zero-order valence-corrected chi connectivity index (χ0v) is 14.9. The summed E-state index contributed by atoms with van der Waals surface area (Å²) in [5.41, 5.74) is -0.0461. The van der Waals surface area contributed by atoms with E-state index in [4.69, 9.17) is 0 Å². The van der Waals surface area contributed by atoms with Gasteiger partial charge in [0.2, 0.25) is 5.91 Å². The number of piperazine rings is 1. The van der Waals surface area contributed by atoms with Crippen LogP contribution in [0.3, 0.4) is 0 Å². The number of hydrogen-bond donors (Lipinski definition) is 0. The minimum Gasteiger partial charge on any atom is -0.368 e. The van der Waals surface area contributed by atoms with Crippen molar-refractivity contribution in [3.63, 3.8) is 0 Å². The van der Waals surface area contributed by atoms with Gasteiger partial charge in [-0.3, -0.25) is 9.59 Å². The lowest BCUT2D eigenvalue weighted by Gasteiger charge is -2.43. The third-order valence-corrected chi connectivity index (χ3v) is 7.02. The van der Waals surface area contributed by atoms with E-state index in [1.807, 2.05) is 4.90 Å². The van der Waals surface area contributed by atoms with Gasteiger partial charge in [-0.05, 0) is 48.4 Å². The maximum Gasteiger partial charge on any atom is 0.236 e. The quantitative estimate of drug-likeness (QED) is 0.775. The summed E-state index contributed by atoms with van der Waals surface area (Å²) in [4.78, 5) is 30.1. The summed E-state index contributed by atoms with van der Waals surface area (Å²) in [5, 5.41) is 0. The number of nitrogens with zero attached hydrogens (tertiary/aromatic N) is 2. The van der Waals surface area contributed by atoms with Crippen molar-refractivity contribution in [1.29, 1.82) is 0 Å². The van der Waals surface area contributed by atoms with Crippen LogP contribution in [-0.4, -0.2) is 42.8 Å². The van der Waals surface area contributed by atoms with Crippen molar-refractivity contribution in [2.24, 2.45) is 16.7 Å². The number of Topliss-reactive ketones (excluding diaryl/α,β-unsaturated/α-hetero) is 1. The van der Waals surface area contributed by atoms with Gasteiger partial charge in [-0.1, -0.05) is 13.8 Å². The fraction of sp³-hybridized carbons (Fsp3) is 0.600. The van der Waals surface area contributed by atoms with Gasteiger partial charge in [0.05, 0.1) is 0 Å². The van der Waals surface area contributed by atoms with Crippen LogP contribution in [0.1, 0.15) is 33.1 Å². The summed E-state index contributed by atoms with van der Waals surface area (Å²) in [6.07, 6.45) is 2.26. The SMILES string of the molecule is CC1(C)C2CCC1(C(=O)N1CCN(c3ccc(F)cc3)CC1)C(=O)C2. The number of ketones is 1. The zero-order valence-electron chi connectivity index (χ0n) is 14.9. The first-order valence-corrected chi connectivity index (χ1v) is 9.19. The first kappa shape index (κ1) is 16.6. The molecule has 1 aliphatic heterocycles. The smallest absolute Gasteiger partial charge is 0.236 e. The fourth-order valence-electron chi connectivity index (χ4n) is 5.27. The molecular formula is C20H25FN2O2. The highest BCUT2D eigenvalue weighted by atomic mass is 19.1. The molecule has 25 heavy (non-hydrogen) atoms. The lowest BCUT2D eigenvalue weighted by molar-refractivity contribution is -0.153. The molecule has 1 saturated heterocycles. The van der Waals surface area contributed by atoms with Crippen LogP contribution >= 0.6 is 0 Å². The fourth-order valence-corrected chi connectivity index (χ4v) is 5.27. The van der Waals surface area contributed by atoms with E-state index < -0.39 is 5.41 Å². The van der Waals surface area contributed by atoms with E-state index in [1.165, 1.54) is 12.1 Å². The highest BCUT2D eigenvalue weighted by Gasteiger charge is 2.68. The summed E-state index contributed by atoms with van der Waals surface area (Å²) < 4.78 is 13.1. The van der Waals surface area contributed by atoms with Crippen molar-refractivity contribution >= 4 is 17.4 Å². The van der Waals surface area contributed by atoms with Gasteiger partial charge >= 0.3 is 0 Å². The molecule has 0 radical (unpaired) electrons. The molecule has 2 atom stereocenters. The van der Waals surface area contributed by atoms with Crippen molar-refractivity contribution in [1.82, 2.24) is 4.90 Å². The number of rotatable bonds is 2. The molecule has 2 bridgehead atoms. The lowest BCUT2D eigenvalue weighted by atomic mass is 9.68. The molecule has 2 aliphatic carbocycles. The van der Waals surface area contributed by atoms with Gasteiger partial charge in [0.15, 0.2) is 0 Å². The molecule has 0 aromatic heterocycles. The number of benzene rings is 1. The third-order valence-electron chi connectivity index (χ3n) is 7.02. The molecule has 1 aromatic carbocycles. The average molecular weight is 344 g/mol. The Morgan fingerprint density at radius 3 is 2.28 bits per heavy atom. The predicted molar refractivity (Wildman–Crippen MR) is 93.8 cm³/mol. The molecule has 0 spiro atoms. The maximum absolute atomic E-state index is 13.3. The largest absolute Gasteiger partial charge is 0.368 e. The van der Waals surface area contributed by atoms with Crippen LogP contribution in [0, 0.1) is 22.6 Å². The van der Waals surface area contributed by atoms with Crippen molar-refractivity contribution in [2.45, 2.75) is 33.1 Å². The van der Waals surface area contributed by atoms with E-state index in [0.717, 1.165) is 12.1 Å². The summed E-state index contributed by atoms with van der Waals surface area (Å²) in [6, 6.07) is 6.47. The topological polar surface area (TPSA) is 40.6 Å². The molecule has 4 nitrogen and oxygen atoms in total. The second-order valence-electron chi connectivity index (χ2n) is 8.25. The van der Waals surface area contributed by atoms with E-state index >= 15 is 0 Å².